The van der Waals surface area contributed by atoms with Crippen LogP contribution in [0, 0.1) is 11.3 Å². The third-order valence-corrected chi connectivity index (χ3v) is 4.09. The summed E-state index contributed by atoms with van der Waals surface area (Å²) in [6, 6.07) is -0.361. The summed E-state index contributed by atoms with van der Waals surface area (Å²) in [5, 5.41) is 0. The average Bonchev–Trinajstić information content (AvgIpc) is 2.76. The predicted molar refractivity (Wildman–Crippen MR) is 74.6 cm³/mol. The molecule has 1 aliphatic rings. The Morgan fingerprint density at radius 2 is 2.00 bits per heavy atom. The molecule has 0 aromatic carbocycles. The fraction of sp³-hybridized carbons (Fsp3) is 0.867. The van der Waals surface area contributed by atoms with Crippen molar-refractivity contribution in [3.63, 3.8) is 0 Å². The second kappa shape index (κ2) is 6.40. The van der Waals surface area contributed by atoms with E-state index in [2.05, 4.69) is 27.7 Å². The van der Waals surface area contributed by atoms with E-state index in [-0.39, 0.29) is 23.3 Å². The molecule has 2 atom stereocenters. The van der Waals surface area contributed by atoms with E-state index in [4.69, 9.17) is 4.74 Å². The Hall–Kier alpha value is -1.06. The highest BCUT2D eigenvalue weighted by Gasteiger charge is 2.36. The van der Waals surface area contributed by atoms with Crippen molar-refractivity contribution in [2.45, 2.75) is 59.9 Å². The summed E-state index contributed by atoms with van der Waals surface area (Å²) in [7, 11) is 0. The Balaban J connectivity index is 2.63. The van der Waals surface area contributed by atoms with Crippen molar-refractivity contribution in [2.75, 3.05) is 13.2 Å². The van der Waals surface area contributed by atoms with Crippen LogP contribution in [0.4, 0.5) is 0 Å². The third kappa shape index (κ3) is 4.22. The predicted octanol–water partition coefficient (Wildman–Crippen LogP) is 2.61. The Bertz CT molecular complexity index is 333. The van der Waals surface area contributed by atoms with Crippen LogP contribution < -0.4 is 0 Å². The summed E-state index contributed by atoms with van der Waals surface area (Å²) >= 11 is 0. The Kier molecular flexibility index (Phi) is 5.39. The van der Waals surface area contributed by atoms with Crippen molar-refractivity contribution in [3.05, 3.63) is 0 Å². The van der Waals surface area contributed by atoms with Crippen LogP contribution >= 0.6 is 0 Å². The second-order valence-corrected chi connectivity index (χ2v) is 6.47. The van der Waals surface area contributed by atoms with Crippen molar-refractivity contribution in [1.82, 2.24) is 4.90 Å². The molecule has 4 heteroatoms. The number of ether oxygens (including phenoxy) is 1. The van der Waals surface area contributed by atoms with Gasteiger partial charge in [-0.25, -0.2) is 4.79 Å². The topological polar surface area (TPSA) is 46.6 Å². The SMILES string of the molecule is CCOC(=O)C1CCCN1C(=O)CC(C)C(C)(C)C. The van der Waals surface area contributed by atoms with Crippen LogP contribution in [0.25, 0.3) is 0 Å². The number of esters is 1. The van der Waals surface area contributed by atoms with Gasteiger partial charge in [0.2, 0.25) is 5.91 Å². The second-order valence-electron chi connectivity index (χ2n) is 6.47. The molecule has 1 heterocycles. The molecular weight excluding hydrogens is 242 g/mol. The lowest BCUT2D eigenvalue weighted by Gasteiger charge is -2.30. The first-order chi connectivity index (χ1) is 8.77. The molecule has 110 valence electrons. The van der Waals surface area contributed by atoms with Crippen molar-refractivity contribution in [2.24, 2.45) is 11.3 Å². The first-order valence-corrected chi connectivity index (χ1v) is 7.23. The fourth-order valence-electron chi connectivity index (χ4n) is 2.23. The molecule has 1 saturated heterocycles. The molecule has 4 nitrogen and oxygen atoms in total. The molecule has 0 bridgehead atoms. The zero-order valence-corrected chi connectivity index (χ0v) is 12.9. The van der Waals surface area contributed by atoms with E-state index in [0.717, 1.165) is 12.8 Å². The van der Waals surface area contributed by atoms with Crippen molar-refractivity contribution >= 4 is 11.9 Å². The van der Waals surface area contributed by atoms with E-state index in [1.54, 1.807) is 11.8 Å². The minimum atomic E-state index is -0.361. The van der Waals surface area contributed by atoms with Crippen LogP contribution in [0.1, 0.15) is 53.9 Å². The largest absolute Gasteiger partial charge is 0.464 e. The van der Waals surface area contributed by atoms with Gasteiger partial charge in [0.1, 0.15) is 6.04 Å². The van der Waals surface area contributed by atoms with E-state index >= 15 is 0 Å². The highest BCUT2D eigenvalue weighted by molar-refractivity contribution is 5.85. The van der Waals surface area contributed by atoms with Gasteiger partial charge >= 0.3 is 5.97 Å². The molecule has 0 N–H and O–H groups in total. The van der Waals surface area contributed by atoms with E-state index in [0.29, 0.717) is 25.5 Å². The van der Waals surface area contributed by atoms with Crippen LogP contribution in [0.15, 0.2) is 0 Å². The van der Waals surface area contributed by atoms with Crippen LogP contribution in [0.5, 0.6) is 0 Å². The molecule has 0 radical (unpaired) electrons. The first-order valence-electron chi connectivity index (χ1n) is 7.23. The summed E-state index contributed by atoms with van der Waals surface area (Å²) in [4.78, 5) is 25.9. The zero-order chi connectivity index (χ0) is 14.6. The summed E-state index contributed by atoms with van der Waals surface area (Å²) in [5.41, 5.74) is 0.106. The number of nitrogens with zero attached hydrogens (tertiary/aromatic N) is 1. The normalized spacial score (nSPS) is 21.3. The molecule has 0 saturated carbocycles. The Labute approximate surface area is 116 Å². The maximum Gasteiger partial charge on any atom is 0.328 e. The van der Waals surface area contributed by atoms with Gasteiger partial charge in [0.15, 0.2) is 0 Å². The summed E-state index contributed by atoms with van der Waals surface area (Å²) in [5.74, 6) is 0.123. The molecule has 0 aromatic heterocycles. The first kappa shape index (κ1) is 16.0. The van der Waals surface area contributed by atoms with Crippen LogP contribution in [-0.4, -0.2) is 36.0 Å². The quantitative estimate of drug-likeness (QED) is 0.737. The van der Waals surface area contributed by atoms with Crippen LogP contribution in [0.2, 0.25) is 0 Å². The maximum atomic E-state index is 12.3. The fourth-order valence-corrected chi connectivity index (χ4v) is 2.23. The molecule has 0 spiro atoms. The number of carbonyl (C=O) groups is 2. The minimum absolute atomic E-state index is 0.0815. The number of rotatable bonds is 4. The summed E-state index contributed by atoms with van der Waals surface area (Å²) in [6.07, 6.45) is 2.12. The van der Waals surface area contributed by atoms with E-state index in [9.17, 15) is 9.59 Å². The van der Waals surface area contributed by atoms with Gasteiger partial charge in [-0.15, -0.1) is 0 Å². The standard InChI is InChI=1S/C15H27NO3/c1-6-19-14(18)12-8-7-9-16(12)13(17)10-11(2)15(3,4)5/h11-12H,6-10H2,1-5H3. The van der Waals surface area contributed by atoms with Gasteiger partial charge in [-0.05, 0) is 31.1 Å². The van der Waals surface area contributed by atoms with Gasteiger partial charge in [0.05, 0.1) is 6.61 Å². The van der Waals surface area contributed by atoms with Gasteiger partial charge in [-0.1, -0.05) is 27.7 Å². The smallest absolute Gasteiger partial charge is 0.328 e. The molecule has 1 fully saturated rings. The van der Waals surface area contributed by atoms with Gasteiger partial charge < -0.3 is 9.64 Å². The highest BCUT2D eigenvalue weighted by atomic mass is 16.5. The molecular formula is C15H27NO3. The van der Waals surface area contributed by atoms with Gasteiger partial charge in [-0.2, -0.15) is 0 Å². The van der Waals surface area contributed by atoms with Crippen LogP contribution in [-0.2, 0) is 14.3 Å². The molecule has 1 rings (SSSR count). The monoisotopic (exact) mass is 269 g/mol. The molecule has 2 unspecified atom stereocenters. The lowest BCUT2D eigenvalue weighted by molar-refractivity contribution is -0.153. The van der Waals surface area contributed by atoms with Crippen LogP contribution in [0.3, 0.4) is 0 Å². The lowest BCUT2D eigenvalue weighted by atomic mass is 9.80. The minimum Gasteiger partial charge on any atom is -0.464 e. The number of hydrogen-bond acceptors (Lipinski definition) is 3. The zero-order valence-electron chi connectivity index (χ0n) is 12.9. The van der Waals surface area contributed by atoms with E-state index in [1.165, 1.54) is 0 Å². The molecule has 0 aromatic rings. The molecule has 1 aliphatic heterocycles. The Morgan fingerprint density at radius 3 is 2.53 bits per heavy atom. The van der Waals surface area contributed by atoms with Crippen molar-refractivity contribution < 1.29 is 14.3 Å². The molecule has 19 heavy (non-hydrogen) atoms. The van der Waals surface area contributed by atoms with E-state index < -0.39 is 0 Å². The molecule has 0 aliphatic carbocycles. The number of likely N-dealkylation sites (tertiary alicyclic amines) is 1. The van der Waals surface area contributed by atoms with Crippen molar-refractivity contribution in [1.29, 1.82) is 0 Å². The summed E-state index contributed by atoms with van der Waals surface area (Å²) < 4.78 is 5.05. The third-order valence-electron chi connectivity index (χ3n) is 4.09. The van der Waals surface area contributed by atoms with E-state index in [1.807, 2.05) is 0 Å². The van der Waals surface area contributed by atoms with Gasteiger partial charge in [-0.3, -0.25) is 4.79 Å². The average molecular weight is 269 g/mol. The number of amides is 1. The number of carbonyl (C=O) groups excluding carboxylic acids is 2. The lowest BCUT2D eigenvalue weighted by Crippen LogP contribution is -2.42. The van der Waals surface area contributed by atoms with Crippen molar-refractivity contribution in [3.8, 4) is 0 Å². The van der Waals surface area contributed by atoms with Gasteiger partial charge in [0.25, 0.3) is 0 Å². The Morgan fingerprint density at radius 1 is 1.37 bits per heavy atom. The number of hydrogen-bond donors (Lipinski definition) is 0. The van der Waals surface area contributed by atoms with Gasteiger partial charge in [0, 0.05) is 13.0 Å². The highest BCUT2D eigenvalue weighted by Crippen LogP contribution is 2.30. The summed E-state index contributed by atoms with van der Waals surface area (Å²) in [6.45, 7) is 11.3. The molecule has 1 amide bonds. The maximum absolute atomic E-state index is 12.3.